The van der Waals surface area contributed by atoms with Gasteiger partial charge in [-0.15, -0.1) is 0 Å². The van der Waals surface area contributed by atoms with Gasteiger partial charge >= 0.3 is 0 Å². The van der Waals surface area contributed by atoms with Crippen molar-refractivity contribution < 1.29 is 17.9 Å². The van der Waals surface area contributed by atoms with E-state index < -0.39 is 9.84 Å². The highest BCUT2D eigenvalue weighted by Crippen LogP contribution is 1.91. The number of ether oxygens (including phenoxy) is 2. The lowest BCUT2D eigenvalue weighted by atomic mass is 10.4. The molecule has 0 saturated carbocycles. The van der Waals surface area contributed by atoms with Gasteiger partial charge in [-0.2, -0.15) is 0 Å². The minimum absolute atomic E-state index is 0.0988. The summed E-state index contributed by atoms with van der Waals surface area (Å²) in [6.45, 7) is 6.25. The third kappa shape index (κ3) is 12.1. The fourth-order valence-electron chi connectivity index (χ4n) is 1.18. The summed E-state index contributed by atoms with van der Waals surface area (Å²) in [4.78, 5) is 0. The standard InChI is InChI=1S/C11H25NO4S/c1-11(2)16-7-4-5-12-6-9-17(13,14)10-8-15-3/h11-12H,4-10H2,1-3H3. The molecular formula is C11H25NO4S. The predicted octanol–water partition coefficient (Wildman–Crippen LogP) is 0.452. The van der Waals surface area contributed by atoms with E-state index in [2.05, 4.69) is 5.32 Å². The van der Waals surface area contributed by atoms with Crippen molar-refractivity contribution in [2.45, 2.75) is 26.4 Å². The largest absolute Gasteiger partial charge is 0.384 e. The highest BCUT2D eigenvalue weighted by atomic mass is 32.2. The maximum atomic E-state index is 11.4. The Morgan fingerprint density at radius 3 is 2.41 bits per heavy atom. The molecular weight excluding hydrogens is 242 g/mol. The van der Waals surface area contributed by atoms with Crippen LogP contribution >= 0.6 is 0 Å². The van der Waals surface area contributed by atoms with Gasteiger partial charge in [0.1, 0.15) is 0 Å². The number of sulfone groups is 1. The molecule has 0 radical (unpaired) electrons. The van der Waals surface area contributed by atoms with Gasteiger partial charge in [0, 0.05) is 20.3 Å². The maximum Gasteiger partial charge on any atom is 0.153 e. The van der Waals surface area contributed by atoms with Gasteiger partial charge < -0.3 is 14.8 Å². The van der Waals surface area contributed by atoms with Crippen molar-refractivity contribution >= 4 is 9.84 Å². The van der Waals surface area contributed by atoms with Gasteiger partial charge in [-0.3, -0.25) is 0 Å². The van der Waals surface area contributed by atoms with Crippen molar-refractivity contribution in [1.29, 1.82) is 0 Å². The number of hydrogen-bond acceptors (Lipinski definition) is 5. The molecule has 0 heterocycles. The lowest BCUT2D eigenvalue weighted by Gasteiger charge is -2.08. The molecule has 0 amide bonds. The third-order valence-corrected chi connectivity index (χ3v) is 3.75. The van der Waals surface area contributed by atoms with Crippen molar-refractivity contribution in [3.05, 3.63) is 0 Å². The zero-order valence-corrected chi connectivity index (χ0v) is 11.9. The number of rotatable bonds is 11. The van der Waals surface area contributed by atoms with Gasteiger partial charge in [0.25, 0.3) is 0 Å². The second-order valence-corrected chi connectivity index (χ2v) is 6.47. The minimum atomic E-state index is -2.97. The van der Waals surface area contributed by atoms with E-state index in [1.54, 1.807) is 0 Å². The van der Waals surface area contributed by atoms with Crippen LogP contribution in [0.4, 0.5) is 0 Å². The summed E-state index contributed by atoms with van der Waals surface area (Å²) in [6.07, 6.45) is 1.15. The van der Waals surface area contributed by atoms with Gasteiger partial charge in [0.05, 0.1) is 24.2 Å². The summed E-state index contributed by atoms with van der Waals surface area (Å²) in [5.41, 5.74) is 0. The fraction of sp³-hybridized carbons (Fsp3) is 1.00. The van der Waals surface area contributed by atoms with Crippen LogP contribution in [0.2, 0.25) is 0 Å². The molecule has 0 bridgehead atoms. The summed E-state index contributed by atoms with van der Waals surface area (Å²) < 4.78 is 33.0. The SMILES string of the molecule is COCCS(=O)(=O)CCNCCCOC(C)C. The summed E-state index contributed by atoms with van der Waals surface area (Å²) in [6, 6.07) is 0. The maximum absolute atomic E-state index is 11.4. The predicted molar refractivity (Wildman–Crippen MR) is 69.1 cm³/mol. The Morgan fingerprint density at radius 1 is 1.12 bits per heavy atom. The lowest BCUT2D eigenvalue weighted by molar-refractivity contribution is 0.0772. The molecule has 0 fully saturated rings. The average molecular weight is 267 g/mol. The van der Waals surface area contributed by atoms with E-state index in [1.807, 2.05) is 13.8 Å². The monoisotopic (exact) mass is 267 g/mol. The molecule has 0 atom stereocenters. The molecule has 0 aromatic carbocycles. The van der Waals surface area contributed by atoms with E-state index >= 15 is 0 Å². The normalized spacial score (nSPS) is 12.2. The van der Waals surface area contributed by atoms with Gasteiger partial charge in [-0.25, -0.2) is 8.42 Å². The van der Waals surface area contributed by atoms with Crippen molar-refractivity contribution in [3.8, 4) is 0 Å². The van der Waals surface area contributed by atoms with Crippen LogP contribution in [0, 0.1) is 0 Å². The number of methoxy groups -OCH3 is 1. The van der Waals surface area contributed by atoms with Crippen LogP contribution in [0.1, 0.15) is 20.3 Å². The summed E-state index contributed by atoms with van der Waals surface area (Å²) >= 11 is 0. The Morgan fingerprint density at radius 2 is 1.82 bits per heavy atom. The van der Waals surface area contributed by atoms with E-state index in [-0.39, 0.29) is 24.2 Å². The van der Waals surface area contributed by atoms with E-state index in [1.165, 1.54) is 7.11 Å². The van der Waals surface area contributed by atoms with Crippen LogP contribution < -0.4 is 5.32 Å². The van der Waals surface area contributed by atoms with Crippen LogP contribution in [-0.4, -0.2) is 59.4 Å². The Labute approximate surface area is 105 Å². The number of hydrogen-bond donors (Lipinski definition) is 1. The quantitative estimate of drug-likeness (QED) is 0.551. The van der Waals surface area contributed by atoms with Crippen molar-refractivity contribution in [1.82, 2.24) is 5.32 Å². The fourth-order valence-corrected chi connectivity index (χ4v) is 2.26. The molecule has 104 valence electrons. The van der Waals surface area contributed by atoms with Crippen LogP contribution in [-0.2, 0) is 19.3 Å². The Balaban J connectivity index is 3.38. The molecule has 6 heteroatoms. The second kappa shape index (κ2) is 9.82. The first kappa shape index (κ1) is 16.8. The molecule has 0 aromatic heterocycles. The van der Waals surface area contributed by atoms with E-state index in [0.717, 1.165) is 13.0 Å². The smallest absolute Gasteiger partial charge is 0.153 e. The molecule has 0 aliphatic carbocycles. The molecule has 0 aliphatic rings. The zero-order chi connectivity index (χ0) is 13.1. The first-order valence-corrected chi connectivity index (χ1v) is 7.82. The van der Waals surface area contributed by atoms with Crippen molar-refractivity contribution in [3.63, 3.8) is 0 Å². The first-order valence-electron chi connectivity index (χ1n) is 5.99. The first-order chi connectivity index (χ1) is 7.98. The van der Waals surface area contributed by atoms with Crippen LogP contribution in [0.5, 0.6) is 0 Å². The molecule has 0 aromatic rings. The van der Waals surface area contributed by atoms with Gasteiger partial charge in [0.15, 0.2) is 9.84 Å². The Kier molecular flexibility index (Phi) is 9.72. The highest BCUT2D eigenvalue weighted by Gasteiger charge is 2.09. The lowest BCUT2D eigenvalue weighted by Crippen LogP contribution is -2.27. The van der Waals surface area contributed by atoms with Crippen LogP contribution in [0.15, 0.2) is 0 Å². The molecule has 0 rings (SSSR count). The molecule has 1 N–H and O–H groups in total. The minimum Gasteiger partial charge on any atom is -0.384 e. The molecule has 0 spiro atoms. The highest BCUT2D eigenvalue weighted by molar-refractivity contribution is 7.91. The molecule has 0 saturated heterocycles. The molecule has 5 nitrogen and oxygen atoms in total. The Hall–Kier alpha value is -0.170. The summed E-state index contributed by atoms with van der Waals surface area (Å²) in [5, 5.41) is 3.09. The van der Waals surface area contributed by atoms with Gasteiger partial charge in [0.2, 0.25) is 0 Å². The topological polar surface area (TPSA) is 64.6 Å². The average Bonchev–Trinajstić information content (AvgIpc) is 2.24. The molecule has 17 heavy (non-hydrogen) atoms. The van der Waals surface area contributed by atoms with E-state index in [0.29, 0.717) is 13.2 Å². The van der Waals surface area contributed by atoms with Crippen LogP contribution in [0.25, 0.3) is 0 Å². The summed E-state index contributed by atoms with van der Waals surface area (Å²) in [5.74, 6) is 0.267. The van der Waals surface area contributed by atoms with Crippen molar-refractivity contribution in [2.75, 3.05) is 44.9 Å². The zero-order valence-electron chi connectivity index (χ0n) is 11.1. The summed E-state index contributed by atoms with van der Waals surface area (Å²) in [7, 11) is -1.47. The molecule has 0 unspecified atom stereocenters. The Bertz CT molecular complexity index is 265. The van der Waals surface area contributed by atoms with Gasteiger partial charge in [-0.1, -0.05) is 0 Å². The molecule has 0 aliphatic heterocycles. The second-order valence-electron chi connectivity index (χ2n) is 4.17. The van der Waals surface area contributed by atoms with Gasteiger partial charge in [-0.05, 0) is 26.8 Å². The van der Waals surface area contributed by atoms with E-state index in [9.17, 15) is 8.42 Å². The van der Waals surface area contributed by atoms with E-state index in [4.69, 9.17) is 9.47 Å². The van der Waals surface area contributed by atoms with Crippen LogP contribution in [0.3, 0.4) is 0 Å². The third-order valence-electron chi connectivity index (χ3n) is 2.14. The van der Waals surface area contributed by atoms with Crippen molar-refractivity contribution in [2.24, 2.45) is 0 Å². The number of nitrogens with one attached hydrogen (secondary N) is 1.